The average molecular weight is 1930 g/mol. The number of halogens is 11. The third-order valence-electron chi connectivity index (χ3n) is 21.8. The predicted molar refractivity (Wildman–Crippen MR) is 485 cm³/mol. The van der Waals surface area contributed by atoms with E-state index in [-0.39, 0.29) is 115 Å². The number of rotatable bonds is 16. The largest absolute Gasteiger partial charge is 0.477 e. The smallest absolute Gasteiger partial charge is 0.416 e. The van der Waals surface area contributed by atoms with Gasteiger partial charge in [-0.15, -0.1) is 34.0 Å². The average Bonchev–Trinajstić information content (AvgIpc) is 1.62. The summed E-state index contributed by atoms with van der Waals surface area (Å²) in [6, 6.07) is 39.9. The van der Waals surface area contributed by atoms with E-state index in [4.69, 9.17) is 23.1 Å². The van der Waals surface area contributed by atoms with E-state index in [2.05, 4.69) is 25.3 Å². The summed E-state index contributed by atoms with van der Waals surface area (Å²) in [4.78, 5) is 165. The van der Waals surface area contributed by atoms with E-state index < -0.39 is 144 Å². The number of para-hydroxylation sites is 1. The number of H-pyrrole nitrogens is 4. The van der Waals surface area contributed by atoms with Crippen molar-refractivity contribution in [3.05, 3.63) is 358 Å². The SMILES string of the molecule is Cn1c(C(=O)NCCN)c(-n2c(=O)[nH]c3ccccc3c2=O)c2cc(Cl)ccc21.N#Cc1cccc(Cn2c(C(=O)O)c(-n3c(=O)[nH]c4cscc4c3=O)c3cc(C(F)(F)F)ccc32)c1.Nc1cccc(Cn2c(C(=O)O)c(-n3c(=O)[nH]c4cscc4c3=O)c3cc(C(F)(F)F)ccc32)c1.O=C(O)c1c(-n2c(=O)[nH]c3cscc3c2=O)c2cc(C(F)(F)F)ccc2n1Cc1ccccc1F. The lowest BCUT2D eigenvalue weighted by Gasteiger charge is -2.11. The molecule has 31 nitrogen and oxygen atoms in total. The zero-order valence-electron chi connectivity index (χ0n) is 68.5. The lowest BCUT2D eigenvalue weighted by Crippen LogP contribution is -2.36. The van der Waals surface area contributed by atoms with Gasteiger partial charge in [0.1, 0.15) is 11.5 Å². The lowest BCUT2D eigenvalue weighted by molar-refractivity contribution is -0.138. The van der Waals surface area contributed by atoms with Crippen molar-refractivity contribution >= 4 is 162 Å². The monoisotopic (exact) mass is 1920 g/mol. The van der Waals surface area contributed by atoms with Gasteiger partial charge in [-0.05, 0) is 126 Å². The maximum absolute atomic E-state index is 14.4. The van der Waals surface area contributed by atoms with Crippen LogP contribution in [0.5, 0.6) is 0 Å². The number of fused-ring (bicyclic) bond motifs is 8. The van der Waals surface area contributed by atoms with Crippen LogP contribution in [0.15, 0.2) is 240 Å². The van der Waals surface area contributed by atoms with Gasteiger partial charge in [-0.1, -0.05) is 66.2 Å². The first-order chi connectivity index (χ1) is 64.2. The van der Waals surface area contributed by atoms with Crippen molar-refractivity contribution in [1.29, 1.82) is 5.26 Å². The number of anilines is 1. The minimum Gasteiger partial charge on any atom is -0.477 e. The van der Waals surface area contributed by atoms with Crippen molar-refractivity contribution in [2.75, 3.05) is 18.8 Å². The van der Waals surface area contributed by atoms with Crippen molar-refractivity contribution in [2.24, 2.45) is 12.8 Å². The number of amides is 1. The number of thiophene rings is 3. The number of carbonyl (C=O) groups is 4. The number of aromatic carboxylic acids is 3. The number of carboxylic acid groups (broad SMARTS) is 3. The van der Waals surface area contributed by atoms with E-state index in [9.17, 15) is 122 Å². The number of hydrogen-bond donors (Lipinski definition) is 10. The summed E-state index contributed by atoms with van der Waals surface area (Å²) in [5.74, 6) is -5.79. The maximum Gasteiger partial charge on any atom is 0.416 e. The molecular formula is C90H59ClF10N16O15S3. The van der Waals surface area contributed by atoms with E-state index in [1.165, 1.54) is 65.7 Å². The Morgan fingerprint density at radius 1 is 0.430 bits per heavy atom. The summed E-state index contributed by atoms with van der Waals surface area (Å²) < 4.78 is 144. The third kappa shape index (κ3) is 17.0. The van der Waals surface area contributed by atoms with E-state index >= 15 is 0 Å². The van der Waals surface area contributed by atoms with Gasteiger partial charge in [-0.2, -0.15) is 44.8 Å². The highest BCUT2D eigenvalue weighted by atomic mass is 35.5. The van der Waals surface area contributed by atoms with Gasteiger partial charge in [0.2, 0.25) is 0 Å². The summed E-state index contributed by atoms with van der Waals surface area (Å²) in [6.07, 6.45) is -14.3. The number of alkyl halides is 9. The second-order valence-corrected chi connectivity index (χ2v) is 32.7. The molecule has 8 aromatic carbocycles. The van der Waals surface area contributed by atoms with Crippen molar-refractivity contribution in [3.8, 4) is 28.8 Å². The number of carboxylic acids is 3. The number of nitrogens with one attached hydrogen (secondary N) is 5. The Morgan fingerprint density at radius 3 is 1.22 bits per heavy atom. The molecule has 1 amide bonds. The summed E-state index contributed by atoms with van der Waals surface area (Å²) in [5, 5.41) is 52.0. The lowest BCUT2D eigenvalue weighted by atomic mass is 10.1. The van der Waals surface area contributed by atoms with Crippen LogP contribution in [0.1, 0.15) is 80.9 Å². The highest BCUT2D eigenvalue weighted by Gasteiger charge is 2.39. The molecule has 11 aromatic heterocycles. The van der Waals surface area contributed by atoms with Crippen LogP contribution in [0.25, 0.3) is 110 Å². The summed E-state index contributed by atoms with van der Waals surface area (Å²) >= 11 is 9.56. The fourth-order valence-corrected chi connectivity index (χ4v) is 18.3. The zero-order valence-corrected chi connectivity index (χ0v) is 71.7. The second kappa shape index (κ2) is 35.7. The summed E-state index contributed by atoms with van der Waals surface area (Å²) in [7, 11) is 1.69. The Bertz CT molecular complexity index is 8770. The molecule has 11 heterocycles. The van der Waals surface area contributed by atoms with Crippen molar-refractivity contribution in [2.45, 2.75) is 38.2 Å². The van der Waals surface area contributed by atoms with Crippen LogP contribution < -0.4 is 61.8 Å². The normalized spacial score (nSPS) is 11.8. The zero-order chi connectivity index (χ0) is 96.6. The van der Waals surface area contributed by atoms with Crippen LogP contribution in [0.3, 0.4) is 0 Å². The molecule has 0 aliphatic rings. The first kappa shape index (κ1) is 91.8. The topological polar surface area (TPSA) is 456 Å². The molecule has 0 fully saturated rings. The molecular weight excluding hydrogens is 1870 g/mol. The highest BCUT2D eigenvalue weighted by molar-refractivity contribution is 7.09. The molecule has 0 spiro atoms. The molecule has 0 aliphatic heterocycles. The number of nitrogen functional groups attached to an aromatic ring is 1. The Hall–Kier alpha value is -16.5. The van der Waals surface area contributed by atoms with E-state index in [1.807, 2.05) is 6.07 Å². The van der Waals surface area contributed by atoms with Gasteiger partial charge in [-0.25, -0.2) is 56.2 Å². The minimum absolute atomic E-state index is 0.0228. The molecule has 19 aromatic rings. The number of nitrogens with two attached hydrogens (primary N) is 2. The Morgan fingerprint density at radius 2 is 0.807 bits per heavy atom. The summed E-state index contributed by atoms with van der Waals surface area (Å²) in [6.45, 7) is -0.0886. The van der Waals surface area contributed by atoms with Gasteiger partial charge in [0, 0.05) is 103 Å². The van der Waals surface area contributed by atoms with Crippen LogP contribution in [-0.2, 0) is 45.2 Å². The molecule has 0 bridgehead atoms. The number of aromatic amines is 4. The van der Waals surface area contributed by atoms with Gasteiger partial charge >= 0.3 is 59.2 Å². The van der Waals surface area contributed by atoms with Crippen molar-refractivity contribution in [1.82, 2.24) is 61.8 Å². The molecule has 0 saturated heterocycles. The Balaban J connectivity index is 0.000000131. The number of aryl methyl sites for hydroxylation is 1. The van der Waals surface area contributed by atoms with E-state index in [0.717, 1.165) is 97.7 Å². The molecule has 684 valence electrons. The van der Waals surface area contributed by atoms with Crippen LogP contribution in [0.2, 0.25) is 5.02 Å². The Kier molecular flexibility index (Phi) is 24.2. The first-order valence-electron chi connectivity index (χ1n) is 39.3. The van der Waals surface area contributed by atoms with Gasteiger partial charge in [-0.3, -0.25) is 24.0 Å². The minimum atomic E-state index is -4.78. The Labute approximate surface area is 760 Å². The number of aromatic nitrogens is 12. The second-order valence-electron chi connectivity index (χ2n) is 30.0. The molecule has 0 atom stereocenters. The van der Waals surface area contributed by atoms with Gasteiger partial charge in [0.25, 0.3) is 28.1 Å². The van der Waals surface area contributed by atoms with E-state index in [1.54, 1.807) is 96.5 Å². The number of carbonyl (C=O) groups excluding carboxylic acids is 1. The first-order valence-corrected chi connectivity index (χ1v) is 42.5. The van der Waals surface area contributed by atoms with Gasteiger partial charge in [0.05, 0.1) is 123 Å². The number of nitrogens with zero attached hydrogens (tertiary/aromatic N) is 9. The maximum atomic E-state index is 14.4. The van der Waals surface area contributed by atoms with Crippen molar-refractivity contribution in [3.63, 3.8) is 0 Å². The third-order valence-corrected chi connectivity index (χ3v) is 24.2. The summed E-state index contributed by atoms with van der Waals surface area (Å²) in [5.41, 5.74) is 2.31. The van der Waals surface area contributed by atoms with Crippen LogP contribution in [0.4, 0.5) is 49.6 Å². The molecule has 0 aliphatic carbocycles. The fourth-order valence-electron chi connectivity index (χ4n) is 15.9. The number of benzene rings is 8. The number of nitriles is 1. The molecule has 0 unspecified atom stereocenters. The van der Waals surface area contributed by atoms with Gasteiger partial charge < -0.3 is 70.3 Å². The quantitative estimate of drug-likeness (QED) is 0.0317. The molecule has 0 radical (unpaired) electrons. The fraction of sp³-hybridized carbons (Fsp3) is 0.100. The van der Waals surface area contributed by atoms with Crippen LogP contribution in [0, 0.1) is 17.1 Å². The number of hydrogen-bond acceptors (Lipinski definition) is 18. The molecule has 45 heteroatoms. The highest BCUT2D eigenvalue weighted by Crippen LogP contribution is 2.42. The van der Waals surface area contributed by atoms with Crippen LogP contribution >= 0.6 is 45.6 Å². The van der Waals surface area contributed by atoms with Gasteiger partial charge in [0.15, 0.2) is 17.1 Å². The molecule has 19 rings (SSSR count). The standard InChI is InChI=1S/C24H13F3N4O4S.C23H13F4N3O4S.C23H15F3N4O4S.C20H18ClN5O3/c25-24(26,27)14-4-5-18-15(7-14)19(31-21(32)16-10-36-11-17(16)29-23(31)35)20(22(33)34)30(18)9-13-3-1-2-12(6-13)8-28;24-15-4-2-1-3-11(15)8-29-17-6-5-12(23(25,26)27)7-13(17)18(19(29)21(32)33)30-20(31)14-9-35-10-16(14)28-22(30)34;24-23(25,26)12-4-5-17-14(7-12)18(30-20(31)15-9-35-10-16(15)28-22(30)34)19(21(32)33)29(17)8-11-2-1-3-13(27)6-11;1-25-15-7-6-11(21)10-13(15)16(17(25)18(27)23-9-8-22)26-19(28)12-4-2-3-5-14(12)24-20(26)29/h1-7,10-11H,9H2,(H,29,35)(H,33,34);1-7,9-10H,8H2,(H,28,34)(H,32,33);1-7,9-10H,8,27H2,(H,28,34)(H,32,33);2-7,10H,8-9,22H2,1H3,(H,23,27)(H,24,29). The molecule has 135 heavy (non-hydrogen) atoms. The van der Waals surface area contributed by atoms with E-state index in [0.29, 0.717) is 69.0 Å². The molecule has 0 saturated carbocycles. The molecule has 12 N–H and O–H groups in total. The van der Waals surface area contributed by atoms with Crippen LogP contribution in [-0.4, -0.2) is 109 Å². The predicted octanol–water partition coefficient (Wildman–Crippen LogP) is 14.5. The van der Waals surface area contributed by atoms with Crippen molar-refractivity contribution < 1.29 is 78.4 Å².